The molecule has 2 aromatic rings. The first kappa shape index (κ1) is 15.8. The van der Waals surface area contributed by atoms with Crippen molar-refractivity contribution in [1.82, 2.24) is 20.8 Å². The first-order chi connectivity index (χ1) is 11.8. The Morgan fingerprint density at radius 1 is 1.29 bits per heavy atom. The normalized spacial score (nSPS) is 20.1. The summed E-state index contributed by atoms with van der Waals surface area (Å²) in [6.07, 6.45) is 7.94. The van der Waals surface area contributed by atoms with Crippen LogP contribution in [0.25, 0.3) is 0 Å². The summed E-state index contributed by atoms with van der Waals surface area (Å²) in [5.41, 5.74) is 3.82. The van der Waals surface area contributed by atoms with Crippen LogP contribution < -0.4 is 10.6 Å². The third-order valence-corrected chi connectivity index (χ3v) is 6.24. The fourth-order valence-electron chi connectivity index (χ4n) is 3.73. The van der Waals surface area contributed by atoms with Gasteiger partial charge >= 0.3 is 0 Å². The number of H-pyrrole nitrogens is 1. The summed E-state index contributed by atoms with van der Waals surface area (Å²) in [6, 6.07) is 4.48. The van der Waals surface area contributed by atoms with Crippen LogP contribution >= 0.6 is 11.3 Å². The van der Waals surface area contributed by atoms with Gasteiger partial charge in [0, 0.05) is 29.6 Å². The highest BCUT2D eigenvalue weighted by molar-refractivity contribution is 7.14. The van der Waals surface area contributed by atoms with Crippen LogP contribution in [0.2, 0.25) is 0 Å². The molecule has 2 aliphatic rings. The molecule has 0 saturated carbocycles. The van der Waals surface area contributed by atoms with Gasteiger partial charge in [0.1, 0.15) is 0 Å². The molecule has 6 heteroatoms. The molecule has 4 rings (SSSR count). The lowest BCUT2D eigenvalue weighted by Gasteiger charge is -2.11. The Balaban J connectivity index is 1.31. The number of amides is 1. The highest BCUT2D eigenvalue weighted by atomic mass is 32.1. The maximum atomic E-state index is 12.3. The standard InChI is InChI=1S/C18H24N4OS/c23-18(17-8-7-16(24-17)15-6-3-10-19-15)20-11-9-14-12-4-1-2-5-13(12)21-22-14/h7-8,15,19H,1-6,9-11H2,(H,20,23)(H,21,22). The van der Waals surface area contributed by atoms with Gasteiger partial charge in [0.05, 0.1) is 10.6 Å². The second-order valence-electron chi connectivity index (χ2n) is 6.69. The van der Waals surface area contributed by atoms with Gasteiger partial charge < -0.3 is 10.6 Å². The SMILES string of the molecule is O=C(NCCc1n[nH]c2c1CCCC2)c1ccc(C2CCCN2)s1. The Kier molecular flexibility index (Phi) is 4.67. The monoisotopic (exact) mass is 344 g/mol. The third kappa shape index (κ3) is 3.26. The van der Waals surface area contributed by atoms with Crippen LogP contribution in [0.15, 0.2) is 12.1 Å². The summed E-state index contributed by atoms with van der Waals surface area (Å²) in [6.45, 7) is 1.73. The number of thiophene rings is 1. The van der Waals surface area contributed by atoms with E-state index in [1.54, 1.807) is 11.3 Å². The van der Waals surface area contributed by atoms with E-state index in [2.05, 4.69) is 26.9 Å². The minimum atomic E-state index is 0.0358. The summed E-state index contributed by atoms with van der Waals surface area (Å²) >= 11 is 1.61. The number of carbonyl (C=O) groups excluding carboxylic acids is 1. The minimum Gasteiger partial charge on any atom is -0.351 e. The Morgan fingerprint density at radius 2 is 2.21 bits per heavy atom. The van der Waals surface area contributed by atoms with Crippen molar-refractivity contribution in [1.29, 1.82) is 0 Å². The second kappa shape index (κ2) is 7.07. The van der Waals surface area contributed by atoms with E-state index in [9.17, 15) is 4.79 Å². The first-order valence-electron chi connectivity index (χ1n) is 8.97. The van der Waals surface area contributed by atoms with Gasteiger partial charge in [-0.15, -0.1) is 11.3 Å². The molecule has 24 heavy (non-hydrogen) atoms. The quantitative estimate of drug-likeness (QED) is 0.781. The molecule has 5 nitrogen and oxygen atoms in total. The fourth-order valence-corrected chi connectivity index (χ4v) is 4.76. The predicted molar refractivity (Wildman–Crippen MR) is 95.6 cm³/mol. The van der Waals surface area contributed by atoms with Gasteiger partial charge in [-0.3, -0.25) is 9.89 Å². The van der Waals surface area contributed by atoms with E-state index in [-0.39, 0.29) is 5.91 Å². The lowest BCUT2D eigenvalue weighted by Crippen LogP contribution is -2.25. The molecule has 0 bridgehead atoms. The first-order valence-corrected chi connectivity index (χ1v) is 9.79. The predicted octanol–water partition coefficient (Wildman–Crippen LogP) is 2.75. The molecule has 1 aliphatic carbocycles. The number of nitrogens with one attached hydrogen (secondary N) is 3. The Bertz CT molecular complexity index is 714. The molecule has 0 aromatic carbocycles. The molecule has 1 unspecified atom stereocenters. The summed E-state index contributed by atoms with van der Waals surface area (Å²) in [7, 11) is 0. The van der Waals surface area contributed by atoms with Gasteiger partial charge in [-0.1, -0.05) is 0 Å². The number of rotatable bonds is 5. The van der Waals surface area contributed by atoms with E-state index in [0.29, 0.717) is 12.6 Å². The molecule has 1 aliphatic heterocycles. The number of aromatic nitrogens is 2. The van der Waals surface area contributed by atoms with Crippen molar-refractivity contribution in [2.24, 2.45) is 0 Å². The van der Waals surface area contributed by atoms with Crippen LogP contribution in [0, 0.1) is 0 Å². The Hall–Kier alpha value is -1.66. The average Bonchev–Trinajstić information content (AvgIpc) is 3.35. The van der Waals surface area contributed by atoms with Gasteiger partial charge in [-0.05, 0) is 62.8 Å². The van der Waals surface area contributed by atoms with E-state index >= 15 is 0 Å². The molecule has 2 aromatic heterocycles. The Morgan fingerprint density at radius 3 is 3.08 bits per heavy atom. The van der Waals surface area contributed by atoms with Gasteiger partial charge in [-0.25, -0.2) is 0 Å². The van der Waals surface area contributed by atoms with E-state index in [4.69, 9.17) is 0 Å². The molecule has 1 saturated heterocycles. The van der Waals surface area contributed by atoms with Crippen molar-refractivity contribution in [3.63, 3.8) is 0 Å². The number of aromatic amines is 1. The van der Waals surface area contributed by atoms with Crippen molar-refractivity contribution in [3.8, 4) is 0 Å². The van der Waals surface area contributed by atoms with Gasteiger partial charge in [-0.2, -0.15) is 5.10 Å². The van der Waals surface area contributed by atoms with Crippen molar-refractivity contribution in [3.05, 3.63) is 38.8 Å². The molecule has 0 spiro atoms. The van der Waals surface area contributed by atoms with Crippen LogP contribution in [0.1, 0.15) is 63.2 Å². The minimum absolute atomic E-state index is 0.0358. The number of carbonyl (C=O) groups is 1. The van der Waals surface area contributed by atoms with Crippen molar-refractivity contribution in [2.45, 2.75) is 51.0 Å². The highest BCUT2D eigenvalue weighted by Gasteiger charge is 2.20. The molecular formula is C18H24N4OS. The maximum Gasteiger partial charge on any atom is 0.261 e. The maximum absolute atomic E-state index is 12.3. The van der Waals surface area contributed by atoms with Crippen molar-refractivity contribution < 1.29 is 4.79 Å². The summed E-state index contributed by atoms with van der Waals surface area (Å²) < 4.78 is 0. The third-order valence-electron chi connectivity index (χ3n) is 5.04. The molecule has 3 heterocycles. The number of hydrogen-bond acceptors (Lipinski definition) is 4. The summed E-state index contributed by atoms with van der Waals surface area (Å²) in [4.78, 5) is 14.4. The largest absolute Gasteiger partial charge is 0.351 e. The molecular weight excluding hydrogens is 320 g/mol. The zero-order chi connectivity index (χ0) is 16.4. The zero-order valence-electron chi connectivity index (χ0n) is 13.9. The molecule has 3 N–H and O–H groups in total. The zero-order valence-corrected chi connectivity index (χ0v) is 14.7. The smallest absolute Gasteiger partial charge is 0.261 e. The fraction of sp³-hybridized carbons (Fsp3) is 0.556. The van der Waals surface area contributed by atoms with Gasteiger partial charge in [0.15, 0.2) is 0 Å². The molecule has 1 atom stereocenters. The molecule has 0 radical (unpaired) electrons. The second-order valence-corrected chi connectivity index (χ2v) is 7.81. The van der Waals surface area contributed by atoms with E-state index in [1.165, 1.54) is 41.8 Å². The number of nitrogens with zero attached hydrogens (tertiary/aromatic N) is 1. The van der Waals surface area contributed by atoms with Crippen LogP contribution in [0.4, 0.5) is 0 Å². The van der Waals surface area contributed by atoms with Gasteiger partial charge in [0.25, 0.3) is 5.91 Å². The molecule has 1 fully saturated rings. The number of aryl methyl sites for hydroxylation is 1. The van der Waals surface area contributed by atoms with E-state index in [0.717, 1.165) is 36.4 Å². The molecule has 128 valence electrons. The average molecular weight is 344 g/mol. The summed E-state index contributed by atoms with van der Waals surface area (Å²) in [5.74, 6) is 0.0358. The lowest BCUT2D eigenvalue weighted by atomic mass is 9.95. The molecule has 1 amide bonds. The van der Waals surface area contributed by atoms with Crippen LogP contribution in [-0.2, 0) is 19.3 Å². The van der Waals surface area contributed by atoms with Crippen molar-refractivity contribution in [2.75, 3.05) is 13.1 Å². The topological polar surface area (TPSA) is 69.8 Å². The van der Waals surface area contributed by atoms with Crippen LogP contribution in [0.5, 0.6) is 0 Å². The Labute approximate surface area is 146 Å². The van der Waals surface area contributed by atoms with Crippen molar-refractivity contribution >= 4 is 17.2 Å². The number of fused-ring (bicyclic) bond motifs is 1. The van der Waals surface area contributed by atoms with E-state index in [1.807, 2.05) is 6.07 Å². The van der Waals surface area contributed by atoms with Gasteiger partial charge in [0.2, 0.25) is 0 Å². The van der Waals surface area contributed by atoms with E-state index < -0.39 is 0 Å². The van der Waals surface area contributed by atoms with Crippen LogP contribution in [-0.4, -0.2) is 29.2 Å². The highest BCUT2D eigenvalue weighted by Crippen LogP contribution is 2.29. The lowest BCUT2D eigenvalue weighted by molar-refractivity contribution is 0.0958. The summed E-state index contributed by atoms with van der Waals surface area (Å²) in [5, 5.41) is 14.1. The van der Waals surface area contributed by atoms with Crippen LogP contribution in [0.3, 0.4) is 0 Å². The number of hydrogen-bond donors (Lipinski definition) is 3.